The van der Waals surface area contributed by atoms with Gasteiger partial charge in [-0.25, -0.2) is 4.39 Å². The number of hydrogen-bond acceptors (Lipinski definition) is 4. The molecule has 1 aromatic rings. The number of hydrogen-bond donors (Lipinski definition) is 0. The molecule has 21 heavy (non-hydrogen) atoms. The normalized spacial score (nSPS) is 19.1. The number of nitro groups is 1. The zero-order valence-corrected chi connectivity index (χ0v) is 12.1. The van der Waals surface area contributed by atoms with Crippen molar-refractivity contribution in [2.45, 2.75) is 32.1 Å². The third-order valence-corrected chi connectivity index (χ3v) is 4.38. The van der Waals surface area contributed by atoms with Gasteiger partial charge in [-0.3, -0.25) is 10.1 Å². The van der Waals surface area contributed by atoms with Crippen LogP contribution in [0.5, 0.6) is 0 Å². The minimum Gasteiger partial charge on any atom is -0.369 e. The topological polar surface area (TPSA) is 49.6 Å². The highest BCUT2D eigenvalue weighted by atomic mass is 19.1. The van der Waals surface area contributed by atoms with E-state index >= 15 is 0 Å². The highest BCUT2D eigenvalue weighted by Gasteiger charge is 2.26. The van der Waals surface area contributed by atoms with Crippen LogP contribution in [0.4, 0.5) is 21.5 Å². The van der Waals surface area contributed by atoms with E-state index in [4.69, 9.17) is 0 Å². The van der Waals surface area contributed by atoms with E-state index in [2.05, 4.69) is 0 Å². The second-order valence-electron chi connectivity index (χ2n) is 5.79. The minimum atomic E-state index is -0.482. The molecule has 0 atom stereocenters. The number of nitrogens with zero attached hydrogens (tertiary/aromatic N) is 3. The molecule has 0 aliphatic carbocycles. The van der Waals surface area contributed by atoms with Gasteiger partial charge in [-0.1, -0.05) is 0 Å². The molecule has 0 unspecified atom stereocenters. The van der Waals surface area contributed by atoms with Gasteiger partial charge in [0.1, 0.15) is 5.69 Å². The Balaban J connectivity index is 2.01. The van der Waals surface area contributed by atoms with Crippen LogP contribution in [0.25, 0.3) is 0 Å². The third kappa shape index (κ3) is 2.80. The lowest BCUT2D eigenvalue weighted by atomic mass is 10.1. The Morgan fingerprint density at radius 2 is 1.43 bits per heavy atom. The van der Waals surface area contributed by atoms with Crippen molar-refractivity contribution in [3.63, 3.8) is 0 Å². The molecule has 2 fully saturated rings. The summed E-state index contributed by atoms with van der Waals surface area (Å²) in [4.78, 5) is 14.8. The molecular weight excluding hydrogens is 273 g/mol. The van der Waals surface area contributed by atoms with Gasteiger partial charge < -0.3 is 9.80 Å². The Labute approximate surface area is 123 Å². The Hall–Kier alpha value is -1.85. The number of anilines is 2. The third-order valence-electron chi connectivity index (χ3n) is 4.38. The van der Waals surface area contributed by atoms with Gasteiger partial charge in [-0.2, -0.15) is 0 Å². The number of rotatable bonds is 3. The summed E-state index contributed by atoms with van der Waals surface area (Å²) in [5, 5.41) is 11.2. The van der Waals surface area contributed by atoms with E-state index < -0.39 is 10.7 Å². The SMILES string of the molecule is O=[N+]([O-])c1cc(F)c(N2CCCC2)cc1N1CCCCC1. The van der Waals surface area contributed by atoms with E-state index in [1.54, 1.807) is 6.07 Å². The molecule has 0 N–H and O–H groups in total. The summed E-state index contributed by atoms with van der Waals surface area (Å²) < 4.78 is 14.2. The second-order valence-corrected chi connectivity index (χ2v) is 5.79. The van der Waals surface area contributed by atoms with E-state index in [0.29, 0.717) is 11.4 Å². The summed E-state index contributed by atoms with van der Waals surface area (Å²) >= 11 is 0. The van der Waals surface area contributed by atoms with Crippen LogP contribution in [0.1, 0.15) is 32.1 Å². The summed E-state index contributed by atoms with van der Waals surface area (Å²) in [5.74, 6) is -0.482. The van der Waals surface area contributed by atoms with Gasteiger partial charge in [-0.05, 0) is 38.2 Å². The standard InChI is InChI=1S/C15H20FN3O2/c16-12-10-15(19(20)21)14(18-6-2-1-3-7-18)11-13(12)17-8-4-5-9-17/h10-11H,1-9H2. The molecule has 2 saturated heterocycles. The quantitative estimate of drug-likeness (QED) is 0.633. The van der Waals surface area contributed by atoms with E-state index in [9.17, 15) is 14.5 Å². The van der Waals surface area contributed by atoms with Crippen molar-refractivity contribution in [3.05, 3.63) is 28.1 Å². The maximum atomic E-state index is 14.2. The number of nitro benzene ring substituents is 1. The Bertz CT molecular complexity index is 538. The molecule has 0 saturated carbocycles. The monoisotopic (exact) mass is 293 g/mol. The first-order chi connectivity index (χ1) is 10.2. The second kappa shape index (κ2) is 5.87. The van der Waals surface area contributed by atoms with Crippen LogP contribution in [0.2, 0.25) is 0 Å². The van der Waals surface area contributed by atoms with Crippen molar-refractivity contribution in [2.24, 2.45) is 0 Å². The van der Waals surface area contributed by atoms with Crippen molar-refractivity contribution in [1.29, 1.82) is 0 Å². The Morgan fingerprint density at radius 3 is 2.00 bits per heavy atom. The van der Waals surface area contributed by atoms with Crippen LogP contribution in [0.3, 0.4) is 0 Å². The van der Waals surface area contributed by atoms with Gasteiger partial charge in [0, 0.05) is 26.2 Å². The van der Waals surface area contributed by atoms with E-state index in [0.717, 1.165) is 64.3 Å². The van der Waals surface area contributed by atoms with Crippen LogP contribution >= 0.6 is 0 Å². The Morgan fingerprint density at radius 1 is 0.905 bits per heavy atom. The first-order valence-corrected chi connectivity index (χ1v) is 7.64. The van der Waals surface area contributed by atoms with Gasteiger partial charge in [-0.15, -0.1) is 0 Å². The van der Waals surface area contributed by atoms with Gasteiger partial charge >= 0.3 is 0 Å². The molecule has 0 aromatic heterocycles. The largest absolute Gasteiger partial charge is 0.369 e. The molecule has 0 radical (unpaired) electrons. The summed E-state index contributed by atoms with van der Waals surface area (Å²) in [6.45, 7) is 3.28. The van der Waals surface area contributed by atoms with Gasteiger partial charge in [0.05, 0.1) is 16.7 Å². The molecule has 2 aliphatic rings. The molecule has 0 spiro atoms. The van der Waals surface area contributed by atoms with Crippen molar-refractivity contribution >= 4 is 17.1 Å². The summed E-state index contributed by atoms with van der Waals surface area (Å²) in [6.07, 6.45) is 5.33. The van der Waals surface area contributed by atoms with Gasteiger partial charge in [0.2, 0.25) is 0 Å². The maximum Gasteiger partial charge on any atom is 0.295 e. The van der Waals surface area contributed by atoms with Gasteiger partial charge in [0.15, 0.2) is 5.82 Å². The molecule has 114 valence electrons. The average molecular weight is 293 g/mol. The summed E-state index contributed by atoms with van der Waals surface area (Å²) in [6, 6.07) is 2.78. The smallest absolute Gasteiger partial charge is 0.295 e. The molecular formula is C15H20FN3O2. The molecule has 2 aliphatic heterocycles. The molecule has 0 amide bonds. The maximum absolute atomic E-state index is 14.2. The predicted molar refractivity (Wildman–Crippen MR) is 80.6 cm³/mol. The molecule has 5 nitrogen and oxygen atoms in total. The number of benzene rings is 1. The fraction of sp³-hybridized carbons (Fsp3) is 0.600. The number of piperidine rings is 1. The zero-order valence-electron chi connectivity index (χ0n) is 12.1. The van der Waals surface area contributed by atoms with Crippen LogP contribution in [0, 0.1) is 15.9 Å². The summed E-state index contributed by atoms with van der Waals surface area (Å²) in [5.41, 5.74) is 0.971. The highest BCUT2D eigenvalue weighted by molar-refractivity contribution is 5.71. The lowest BCUT2D eigenvalue weighted by molar-refractivity contribution is -0.384. The molecule has 2 heterocycles. The Kier molecular flexibility index (Phi) is 3.94. The predicted octanol–water partition coefficient (Wildman–Crippen LogP) is 3.32. The molecule has 6 heteroatoms. The lowest BCUT2D eigenvalue weighted by Crippen LogP contribution is -2.30. The first kappa shape index (κ1) is 14.1. The molecule has 0 bridgehead atoms. The molecule has 3 rings (SSSR count). The fourth-order valence-corrected chi connectivity index (χ4v) is 3.28. The first-order valence-electron chi connectivity index (χ1n) is 7.64. The number of halogens is 1. The summed E-state index contributed by atoms with van der Waals surface area (Å²) in [7, 11) is 0. The fourth-order valence-electron chi connectivity index (χ4n) is 3.28. The van der Waals surface area contributed by atoms with E-state index in [1.807, 2.05) is 9.80 Å². The van der Waals surface area contributed by atoms with Crippen molar-refractivity contribution < 1.29 is 9.31 Å². The van der Waals surface area contributed by atoms with Crippen LogP contribution in [-0.2, 0) is 0 Å². The average Bonchev–Trinajstić information content (AvgIpc) is 3.01. The highest BCUT2D eigenvalue weighted by Crippen LogP contribution is 2.37. The van der Waals surface area contributed by atoms with Crippen molar-refractivity contribution in [1.82, 2.24) is 0 Å². The van der Waals surface area contributed by atoms with Crippen LogP contribution < -0.4 is 9.80 Å². The van der Waals surface area contributed by atoms with Crippen molar-refractivity contribution in [3.8, 4) is 0 Å². The van der Waals surface area contributed by atoms with Crippen molar-refractivity contribution in [2.75, 3.05) is 36.0 Å². The van der Waals surface area contributed by atoms with Crippen LogP contribution in [0.15, 0.2) is 12.1 Å². The molecule has 1 aromatic carbocycles. The lowest BCUT2D eigenvalue weighted by Gasteiger charge is -2.29. The van der Waals surface area contributed by atoms with Gasteiger partial charge in [0.25, 0.3) is 5.69 Å². The van der Waals surface area contributed by atoms with E-state index in [1.165, 1.54) is 0 Å². The van der Waals surface area contributed by atoms with Crippen LogP contribution in [-0.4, -0.2) is 31.1 Å². The van der Waals surface area contributed by atoms with E-state index in [-0.39, 0.29) is 5.69 Å². The minimum absolute atomic E-state index is 0.114. The zero-order chi connectivity index (χ0) is 14.8.